The minimum absolute atomic E-state index is 0.0994. The summed E-state index contributed by atoms with van der Waals surface area (Å²) >= 11 is 0. The number of nitrogens with zero attached hydrogens (tertiary/aromatic N) is 2. The molecule has 114 valence electrons. The van der Waals surface area contributed by atoms with Crippen LogP contribution in [0.4, 0.5) is 0 Å². The fourth-order valence-electron chi connectivity index (χ4n) is 2.27. The largest absolute Gasteiger partial charge is 0.489 e. The molecule has 3 nitrogen and oxygen atoms in total. The van der Waals surface area contributed by atoms with Crippen LogP contribution in [0.25, 0.3) is 6.08 Å². The van der Waals surface area contributed by atoms with E-state index >= 15 is 0 Å². The van der Waals surface area contributed by atoms with Crippen molar-refractivity contribution >= 4 is 6.08 Å². The predicted octanol–water partition coefficient (Wildman–Crippen LogP) is 4.62. The van der Waals surface area contributed by atoms with Gasteiger partial charge in [-0.25, -0.2) is 0 Å². The van der Waals surface area contributed by atoms with E-state index in [4.69, 9.17) is 15.3 Å². The third-order valence-corrected chi connectivity index (χ3v) is 3.68. The minimum Gasteiger partial charge on any atom is -0.489 e. The van der Waals surface area contributed by atoms with Crippen molar-refractivity contribution in [2.45, 2.75) is 27.4 Å². The van der Waals surface area contributed by atoms with Gasteiger partial charge in [-0.05, 0) is 67.3 Å². The Labute approximate surface area is 137 Å². The van der Waals surface area contributed by atoms with Gasteiger partial charge in [0, 0.05) is 0 Å². The number of benzene rings is 2. The maximum absolute atomic E-state index is 8.91. The summed E-state index contributed by atoms with van der Waals surface area (Å²) in [6, 6.07) is 15.7. The molecule has 0 amide bonds. The Hall–Kier alpha value is -3.04. The molecule has 0 bridgehead atoms. The summed E-state index contributed by atoms with van der Waals surface area (Å²) in [5.74, 6) is 0.822. The molecule has 0 saturated heterocycles. The van der Waals surface area contributed by atoms with Crippen molar-refractivity contribution in [3.63, 3.8) is 0 Å². The highest BCUT2D eigenvalue weighted by atomic mass is 16.5. The minimum atomic E-state index is 0.0994. The van der Waals surface area contributed by atoms with Crippen LogP contribution in [0, 0.1) is 43.4 Å². The number of rotatable bonds is 4. The maximum Gasteiger partial charge on any atom is 0.130 e. The Morgan fingerprint density at radius 3 is 2.26 bits per heavy atom. The first-order valence-electron chi connectivity index (χ1n) is 7.35. The Balaban J connectivity index is 2.25. The molecule has 0 spiro atoms. The second kappa shape index (κ2) is 7.29. The highest BCUT2D eigenvalue weighted by Crippen LogP contribution is 2.21. The molecule has 2 aromatic carbocycles. The number of hydrogen-bond acceptors (Lipinski definition) is 3. The van der Waals surface area contributed by atoms with Crippen LogP contribution in [0.1, 0.15) is 27.8 Å². The van der Waals surface area contributed by atoms with Crippen LogP contribution in [0.3, 0.4) is 0 Å². The van der Waals surface area contributed by atoms with E-state index in [0.717, 1.165) is 28.0 Å². The molecule has 0 aliphatic carbocycles. The van der Waals surface area contributed by atoms with Crippen LogP contribution in [0.2, 0.25) is 0 Å². The summed E-state index contributed by atoms with van der Waals surface area (Å²) in [6.07, 6.45) is 1.62. The monoisotopic (exact) mass is 302 g/mol. The van der Waals surface area contributed by atoms with E-state index in [0.29, 0.717) is 6.61 Å². The number of allylic oxidation sites excluding steroid dienone is 1. The molecule has 0 saturated carbocycles. The van der Waals surface area contributed by atoms with Gasteiger partial charge in [0.25, 0.3) is 0 Å². The van der Waals surface area contributed by atoms with E-state index < -0.39 is 0 Å². The number of nitriles is 2. The lowest BCUT2D eigenvalue weighted by Gasteiger charge is -2.12. The number of hydrogen-bond donors (Lipinski definition) is 0. The zero-order chi connectivity index (χ0) is 16.8. The molecule has 0 aliphatic heterocycles. The van der Waals surface area contributed by atoms with E-state index in [1.54, 1.807) is 6.08 Å². The lowest BCUT2D eigenvalue weighted by atomic mass is 9.99. The first kappa shape index (κ1) is 16.3. The summed E-state index contributed by atoms with van der Waals surface area (Å²) in [7, 11) is 0. The molecule has 0 heterocycles. The first-order valence-corrected chi connectivity index (χ1v) is 7.35. The van der Waals surface area contributed by atoms with E-state index in [1.807, 2.05) is 69.3 Å². The Kier molecular flexibility index (Phi) is 5.18. The molecule has 23 heavy (non-hydrogen) atoms. The third-order valence-electron chi connectivity index (χ3n) is 3.68. The van der Waals surface area contributed by atoms with Crippen LogP contribution in [-0.4, -0.2) is 0 Å². The van der Waals surface area contributed by atoms with Crippen LogP contribution in [-0.2, 0) is 6.61 Å². The van der Waals surface area contributed by atoms with Crippen LogP contribution in [0.5, 0.6) is 5.75 Å². The Bertz CT molecular complexity index is 802. The molecule has 2 rings (SSSR count). The van der Waals surface area contributed by atoms with Gasteiger partial charge >= 0.3 is 0 Å². The van der Waals surface area contributed by atoms with Crippen LogP contribution < -0.4 is 4.74 Å². The van der Waals surface area contributed by atoms with Gasteiger partial charge in [-0.1, -0.05) is 23.8 Å². The zero-order valence-electron chi connectivity index (χ0n) is 13.6. The molecule has 0 aromatic heterocycles. The molecule has 0 N–H and O–H groups in total. The molecule has 0 atom stereocenters. The number of aryl methyl sites for hydroxylation is 3. The van der Waals surface area contributed by atoms with Gasteiger partial charge in [-0.2, -0.15) is 10.5 Å². The lowest BCUT2D eigenvalue weighted by molar-refractivity contribution is 0.305. The molecule has 0 unspecified atom stereocenters. The molecule has 0 radical (unpaired) electrons. The van der Waals surface area contributed by atoms with E-state index in [1.165, 1.54) is 5.56 Å². The summed E-state index contributed by atoms with van der Waals surface area (Å²) < 4.78 is 5.83. The third kappa shape index (κ3) is 4.22. The zero-order valence-corrected chi connectivity index (χ0v) is 13.6. The SMILES string of the molecule is Cc1ccc(OCc2cc(C=C(C#N)C#N)c(C)cc2C)cc1. The molecule has 0 aliphatic rings. The molecular formula is C20H18N2O. The second-order valence-electron chi connectivity index (χ2n) is 5.52. The first-order chi connectivity index (χ1) is 11.0. The quantitative estimate of drug-likeness (QED) is 0.774. The second-order valence-corrected chi connectivity index (χ2v) is 5.52. The average molecular weight is 302 g/mol. The predicted molar refractivity (Wildman–Crippen MR) is 90.6 cm³/mol. The van der Waals surface area contributed by atoms with Crippen molar-refractivity contribution in [3.8, 4) is 17.9 Å². The summed E-state index contributed by atoms with van der Waals surface area (Å²) in [4.78, 5) is 0. The Morgan fingerprint density at radius 2 is 1.65 bits per heavy atom. The molecule has 2 aromatic rings. The number of ether oxygens (including phenoxy) is 1. The van der Waals surface area contributed by atoms with Crippen LogP contribution >= 0.6 is 0 Å². The van der Waals surface area contributed by atoms with Crippen molar-refractivity contribution < 1.29 is 4.74 Å². The maximum atomic E-state index is 8.91. The van der Waals surface area contributed by atoms with Crippen molar-refractivity contribution in [2.24, 2.45) is 0 Å². The van der Waals surface area contributed by atoms with E-state index in [-0.39, 0.29) is 5.57 Å². The average Bonchev–Trinajstić information content (AvgIpc) is 2.54. The van der Waals surface area contributed by atoms with Gasteiger partial charge in [-0.15, -0.1) is 0 Å². The van der Waals surface area contributed by atoms with Gasteiger partial charge in [0.05, 0.1) is 0 Å². The van der Waals surface area contributed by atoms with Gasteiger partial charge in [0.2, 0.25) is 0 Å². The van der Waals surface area contributed by atoms with Crippen LogP contribution in [0.15, 0.2) is 42.0 Å². The van der Waals surface area contributed by atoms with Crippen molar-refractivity contribution in [1.82, 2.24) is 0 Å². The lowest BCUT2D eigenvalue weighted by Crippen LogP contribution is -2.00. The van der Waals surface area contributed by atoms with Gasteiger partial charge < -0.3 is 4.74 Å². The smallest absolute Gasteiger partial charge is 0.130 e. The summed E-state index contributed by atoms with van der Waals surface area (Å²) in [5, 5.41) is 17.8. The Morgan fingerprint density at radius 1 is 1.00 bits per heavy atom. The van der Waals surface area contributed by atoms with E-state index in [9.17, 15) is 0 Å². The molecular weight excluding hydrogens is 284 g/mol. The van der Waals surface area contributed by atoms with E-state index in [2.05, 4.69) is 0 Å². The highest BCUT2D eigenvalue weighted by Gasteiger charge is 2.06. The van der Waals surface area contributed by atoms with Gasteiger partial charge in [0.1, 0.15) is 30.1 Å². The fourth-order valence-corrected chi connectivity index (χ4v) is 2.27. The topological polar surface area (TPSA) is 56.8 Å². The fraction of sp³-hybridized carbons (Fsp3) is 0.200. The standard InChI is InChI=1S/C20H18N2O/c1-14-4-6-20(7-5-14)23-13-19-10-18(9-17(11-21)12-22)15(2)8-16(19)3/h4-10H,13H2,1-3H3. The summed E-state index contributed by atoms with van der Waals surface area (Å²) in [6.45, 7) is 6.48. The van der Waals surface area contributed by atoms with Gasteiger partial charge in [0.15, 0.2) is 0 Å². The molecule has 0 fully saturated rings. The highest BCUT2D eigenvalue weighted by molar-refractivity contribution is 5.65. The normalized spacial score (nSPS) is 9.61. The van der Waals surface area contributed by atoms with Crippen molar-refractivity contribution in [3.05, 3.63) is 69.8 Å². The summed E-state index contributed by atoms with van der Waals surface area (Å²) in [5.41, 5.74) is 5.36. The van der Waals surface area contributed by atoms with Crippen molar-refractivity contribution in [2.75, 3.05) is 0 Å². The van der Waals surface area contributed by atoms with Gasteiger partial charge in [-0.3, -0.25) is 0 Å². The molecule has 3 heteroatoms. The van der Waals surface area contributed by atoms with Crippen molar-refractivity contribution in [1.29, 1.82) is 10.5 Å².